The highest BCUT2D eigenvalue weighted by Gasteiger charge is 2.33. The molecule has 0 saturated heterocycles. The zero-order chi connectivity index (χ0) is 29.4. The number of carbonyl (C=O) groups is 2. The maximum atomic E-state index is 14.2. The molecular formula is C31H37N3O6S. The quantitative estimate of drug-likeness (QED) is 0.307. The second-order valence-electron chi connectivity index (χ2n) is 10.1. The predicted octanol–water partition coefficient (Wildman–Crippen LogP) is 4.05. The number of hydrogen-bond donors (Lipinski definition) is 1. The maximum absolute atomic E-state index is 14.2. The Morgan fingerprint density at radius 1 is 0.976 bits per heavy atom. The highest BCUT2D eigenvalue weighted by Crippen LogP contribution is 2.36. The van der Waals surface area contributed by atoms with Crippen molar-refractivity contribution in [2.75, 3.05) is 30.4 Å². The van der Waals surface area contributed by atoms with Crippen LogP contribution in [0.4, 0.5) is 5.69 Å². The Morgan fingerprint density at radius 3 is 2.39 bits per heavy atom. The van der Waals surface area contributed by atoms with Crippen LogP contribution in [-0.2, 0) is 32.6 Å². The van der Waals surface area contributed by atoms with Crippen molar-refractivity contribution < 1.29 is 27.5 Å². The number of sulfonamides is 1. The summed E-state index contributed by atoms with van der Waals surface area (Å²) >= 11 is 0. The van der Waals surface area contributed by atoms with E-state index >= 15 is 0 Å². The molecule has 1 unspecified atom stereocenters. The zero-order valence-corrected chi connectivity index (χ0v) is 24.5. The van der Waals surface area contributed by atoms with Crippen LogP contribution in [0.5, 0.6) is 11.5 Å². The summed E-state index contributed by atoms with van der Waals surface area (Å²) in [5.41, 5.74) is 2.99. The Labute approximate surface area is 242 Å². The SMILES string of the molecule is CCCCNC(=O)C(Cc1ccccc1)N(Cc1ccccc1C)C(=O)CN(c1ccc2c(c1)OCO2)S(C)(=O)=O. The molecule has 41 heavy (non-hydrogen) atoms. The monoisotopic (exact) mass is 579 g/mol. The largest absolute Gasteiger partial charge is 0.454 e. The first kappa shape index (κ1) is 29.9. The average molecular weight is 580 g/mol. The lowest BCUT2D eigenvalue weighted by Gasteiger charge is -2.34. The van der Waals surface area contributed by atoms with Crippen LogP contribution in [0.15, 0.2) is 72.8 Å². The van der Waals surface area contributed by atoms with E-state index < -0.39 is 28.5 Å². The summed E-state index contributed by atoms with van der Waals surface area (Å²) < 4.78 is 37.8. The van der Waals surface area contributed by atoms with Gasteiger partial charge < -0.3 is 19.7 Å². The molecule has 0 saturated carbocycles. The van der Waals surface area contributed by atoms with Crippen molar-refractivity contribution in [1.82, 2.24) is 10.2 Å². The molecule has 3 aromatic rings. The Morgan fingerprint density at radius 2 is 1.68 bits per heavy atom. The Kier molecular flexibility index (Phi) is 9.88. The fourth-order valence-electron chi connectivity index (χ4n) is 4.69. The van der Waals surface area contributed by atoms with Crippen molar-refractivity contribution in [3.05, 3.63) is 89.5 Å². The van der Waals surface area contributed by atoms with Gasteiger partial charge in [-0.3, -0.25) is 13.9 Å². The normalized spacial score (nSPS) is 13.0. The van der Waals surface area contributed by atoms with Crippen molar-refractivity contribution in [2.24, 2.45) is 0 Å². The van der Waals surface area contributed by atoms with Gasteiger partial charge in [0.15, 0.2) is 11.5 Å². The minimum Gasteiger partial charge on any atom is -0.454 e. The number of rotatable bonds is 13. The fourth-order valence-corrected chi connectivity index (χ4v) is 5.53. The summed E-state index contributed by atoms with van der Waals surface area (Å²) in [6, 6.07) is 21.0. The van der Waals surface area contributed by atoms with Crippen molar-refractivity contribution >= 4 is 27.5 Å². The molecule has 1 heterocycles. The second kappa shape index (κ2) is 13.5. The third-order valence-electron chi connectivity index (χ3n) is 7.03. The lowest BCUT2D eigenvalue weighted by Crippen LogP contribution is -2.53. The number of anilines is 1. The molecule has 4 rings (SSSR count). The summed E-state index contributed by atoms with van der Waals surface area (Å²) in [5, 5.41) is 2.99. The van der Waals surface area contributed by atoms with Gasteiger partial charge in [0.2, 0.25) is 28.6 Å². The highest BCUT2D eigenvalue weighted by molar-refractivity contribution is 7.92. The number of aryl methyl sites for hydroxylation is 1. The number of amides is 2. The van der Waals surface area contributed by atoms with Gasteiger partial charge in [0.25, 0.3) is 0 Å². The highest BCUT2D eigenvalue weighted by atomic mass is 32.2. The molecule has 1 N–H and O–H groups in total. The van der Waals surface area contributed by atoms with Crippen LogP contribution in [0.3, 0.4) is 0 Å². The van der Waals surface area contributed by atoms with Gasteiger partial charge in [-0.15, -0.1) is 0 Å². The van der Waals surface area contributed by atoms with E-state index in [0.717, 1.165) is 40.1 Å². The first-order valence-corrected chi connectivity index (χ1v) is 15.5. The number of fused-ring (bicyclic) bond motifs is 1. The smallest absolute Gasteiger partial charge is 0.244 e. The van der Waals surface area contributed by atoms with Crippen LogP contribution in [0, 0.1) is 6.92 Å². The van der Waals surface area contributed by atoms with E-state index in [4.69, 9.17) is 9.47 Å². The van der Waals surface area contributed by atoms with Crippen LogP contribution < -0.4 is 19.1 Å². The molecule has 2 amide bonds. The number of nitrogens with zero attached hydrogens (tertiary/aromatic N) is 2. The minimum absolute atomic E-state index is 0.0368. The van der Waals surface area contributed by atoms with Gasteiger partial charge in [-0.25, -0.2) is 8.42 Å². The standard InChI is InChI=1S/C31H37N3O6S/c1-4-5-17-32-31(36)27(18-24-12-7-6-8-13-24)33(20-25-14-10-9-11-23(25)2)30(35)21-34(41(3,37)38)26-15-16-28-29(19-26)40-22-39-28/h6-16,19,27H,4-5,17-18,20-22H2,1-3H3,(H,32,36). The van der Waals surface area contributed by atoms with Gasteiger partial charge in [0, 0.05) is 25.6 Å². The number of nitrogens with one attached hydrogen (secondary N) is 1. The summed E-state index contributed by atoms with van der Waals surface area (Å²) in [7, 11) is -3.88. The molecule has 1 aliphatic rings. The Balaban J connectivity index is 1.72. The third kappa shape index (κ3) is 7.79. The van der Waals surface area contributed by atoms with Gasteiger partial charge in [-0.1, -0.05) is 67.9 Å². The minimum atomic E-state index is -3.88. The van der Waals surface area contributed by atoms with Crippen molar-refractivity contribution in [3.8, 4) is 11.5 Å². The topological polar surface area (TPSA) is 105 Å². The number of unbranched alkanes of at least 4 members (excludes halogenated alkanes) is 1. The van der Waals surface area contributed by atoms with Crippen LogP contribution in [0.2, 0.25) is 0 Å². The van der Waals surface area contributed by atoms with Crippen LogP contribution in [0.25, 0.3) is 0 Å². The van der Waals surface area contributed by atoms with Gasteiger partial charge in [0.05, 0.1) is 11.9 Å². The van der Waals surface area contributed by atoms with E-state index in [1.54, 1.807) is 18.2 Å². The van der Waals surface area contributed by atoms with Gasteiger partial charge in [0.1, 0.15) is 12.6 Å². The van der Waals surface area contributed by atoms with E-state index in [0.29, 0.717) is 18.0 Å². The summed E-state index contributed by atoms with van der Waals surface area (Å²) in [4.78, 5) is 29.3. The molecule has 9 nitrogen and oxygen atoms in total. The molecule has 0 radical (unpaired) electrons. The molecule has 0 aliphatic carbocycles. The van der Waals surface area contributed by atoms with E-state index in [1.807, 2.05) is 68.4 Å². The van der Waals surface area contributed by atoms with Crippen molar-refractivity contribution in [1.29, 1.82) is 0 Å². The molecule has 0 aromatic heterocycles. The van der Waals surface area contributed by atoms with Crippen molar-refractivity contribution in [2.45, 2.75) is 45.7 Å². The number of carbonyl (C=O) groups excluding carboxylic acids is 2. The molecule has 0 fully saturated rings. The summed E-state index contributed by atoms with van der Waals surface area (Å²) in [6.07, 6.45) is 3.05. The summed E-state index contributed by atoms with van der Waals surface area (Å²) in [6.45, 7) is 4.16. The van der Waals surface area contributed by atoms with Crippen molar-refractivity contribution in [3.63, 3.8) is 0 Å². The molecule has 1 aliphatic heterocycles. The van der Waals surface area contributed by atoms with Gasteiger partial charge in [-0.05, 0) is 42.2 Å². The zero-order valence-electron chi connectivity index (χ0n) is 23.7. The molecule has 0 spiro atoms. The average Bonchev–Trinajstić information content (AvgIpc) is 3.42. The first-order chi connectivity index (χ1) is 19.7. The van der Waals surface area contributed by atoms with Crippen LogP contribution in [0.1, 0.15) is 36.5 Å². The third-order valence-corrected chi connectivity index (χ3v) is 8.17. The number of ether oxygens (including phenoxy) is 2. The lowest BCUT2D eigenvalue weighted by atomic mass is 10.0. The maximum Gasteiger partial charge on any atom is 0.244 e. The molecule has 1 atom stereocenters. The first-order valence-electron chi connectivity index (χ1n) is 13.7. The number of hydrogen-bond acceptors (Lipinski definition) is 6. The molecule has 0 bridgehead atoms. The van der Waals surface area contributed by atoms with E-state index in [2.05, 4.69) is 5.32 Å². The van der Waals surface area contributed by atoms with E-state index in [-0.39, 0.29) is 31.4 Å². The van der Waals surface area contributed by atoms with E-state index in [9.17, 15) is 18.0 Å². The van der Waals surface area contributed by atoms with E-state index in [1.165, 1.54) is 4.90 Å². The van der Waals surface area contributed by atoms with Gasteiger partial charge in [-0.2, -0.15) is 0 Å². The summed E-state index contributed by atoms with van der Waals surface area (Å²) in [5.74, 6) is 0.125. The Bertz CT molecular complexity index is 1460. The molecule has 3 aromatic carbocycles. The number of benzene rings is 3. The second-order valence-corrected chi connectivity index (χ2v) is 12.0. The van der Waals surface area contributed by atoms with Crippen LogP contribution >= 0.6 is 0 Å². The molecule has 218 valence electrons. The molecule has 10 heteroatoms. The predicted molar refractivity (Wildman–Crippen MR) is 158 cm³/mol. The van der Waals surface area contributed by atoms with Gasteiger partial charge >= 0.3 is 0 Å². The molecular weight excluding hydrogens is 542 g/mol. The fraction of sp³-hybridized carbons (Fsp3) is 0.355. The Hall–Kier alpha value is -4.05. The van der Waals surface area contributed by atoms with Crippen LogP contribution in [-0.4, -0.2) is 57.3 Å². The lowest BCUT2D eigenvalue weighted by molar-refractivity contribution is -0.140.